The van der Waals surface area contributed by atoms with E-state index >= 15 is 0 Å². The van der Waals surface area contributed by atoms with Gasteiger partial charge in [0.2, 0.25) is 11.8 Å². The minimum absolute atomic E-state index is 0.171. The number of halogens is 4. The van der Waals surface area contributed by atoms with Gasteiger partial charge in [-0.3, -0.25) is 14.9 Å². The highest BCUT2D eigenvalue weighted by atomic mass is 19.3. The molecule has 1 aromatic carbocycles. The molecule has 1 aromatic heterocycles. The third-order valence-electron chi connectivity index (χ3n) is 3.28. The molecular weight excluding hydrogens is 386 g/mol. The molecule has 0 saturated carbocycles. The second kappa shape index (κ2) is 8.93. The van der Waals surface area contributed by atoms with Crippen LogP contribution in [0.25, 0.3) is 6.08 Å². The molecule has 28 heavy (non-hydrogen) atoms. The predicted octanol–water partition coefficient (Wildman–Crippen LogP) is 3.92. The normalized spacial score (nSPS) is 11.6. The quantitative estimate of drug-likeness (QED) is 0.314. The fraction of sp³-hybridized carbons (Fsp3) is 0.176. The summed E-state index contributed by atoms with van der Waals surface area (Å²) in [4.78, 5) is 25.8. The fourth-order valence-corrected chi connectivity index (χ4v) is 1.92. The van der Waals surface area contributed by atoms with Gasteiger partial charge in [0.05, 0.1) is 22.4 Å². The van der Waals surface area contributed by atoms with E-state index < -0.39 is 29.8 Å². The van der Waals surface area contributed by atoms with Crippen molar-refractivity contribution in [2.45, 2.75) is 12.3 Å². The molecule has 0 bridgehead atoms. The Morgan fingerprint density at radius 1 is 1.29 bits per heavy atom. The summed E-state index contributed by atoms with van der Waals surface area (Å²) in [6.07, 6.45) is -0.467. The maximum absolute atomic E-state index is 12.8. The van der Waals surface area contributed by atoms with Crippen molar-refractivity contribution < 1.29 is 32.0 Å². The number of nitrogens with zero attached hydrogens (tertiary/aromatic N) is 2. The molecule has 0 saturated heterocycles. The van der Waals surface area contributed by atoms with Crippen LogP contribution in [0.2, 0.25) is 0 Å². The third-order valence-corrected chi connectivity index (χ3v) is 3.28. The number of nitrogens with one attached hydrogen (secondary N) is 1. The average molecular weight is 399 g/mol. The lowest BCUT2D eigenvalue weighted by Gasteiger charge is -2.15. The summed E-state index contributed by atoms with van der Waals surface area (Å²) >= 11 is 0. The van der Waals surface area contributed by atoms with E-state index in [-0.39, 0.29) is 22.8 Å². The van der Waals surface area contributed by atoms with Crippen LogP contribution in [0.15, 0.2) is 48.7 Å². The molecule has 1 amide bonds. The van der Waals surface area contributed by atoms with Crippen LogP contribution in [-0.2, 0) is 4.79 Å². The number of anilines is 1. The lowest BCUT2D eigenvalue weighted by atomic mass is 10.1. The van der Waals surface area contributed by atoms with Gasteiger partial charge in [0, 0.05) is 18.2 Å². The van der Waals surface area contributed by atoms with Crippen LogP contribution >= 0.6 is 0 Å². The minimum atomic E-state index is -4.31. The molecule has 148 valence electrons. The van der Waals surface area contributed by atoms with Gasteiger partial charge in [-0.05, 0) is 18.2 Å². The van der Waals surface area contributed by atoms with Gasteiger partial charge in [0.1, 0.15) is 0 Å². The molecule has 0 spiro atoms. The smallest absolute Gasteiger partial charge is 0.340 e. The van der Waals surface area contributed by atoms with Crippen molar-refractivity contribution in [1.29, 1.82) is 0 Å². The zero-order valence-corrected chi connectivity index (χ0v) is 14.0. The first-order chi connectivity index (χ1) is 13.2. The van der Waals surface area contributed by atoms with Gasteiger partial charge in [-0.15, -0.1) is 0 Å². The van der Waals surface area contributed by atoms with E-state index in [1.165, 1.54) is 30.3 Å². The first-order valence-electron chi connectivity index (χ1n) is 7.66. The van der Waals surface area contributed by atoms with Crippen molar-refractivity contribution in [2.24, 2.45) is 0 Å². The third kappa shape index (κ3) is 5.76. The maximum atomic E-state index is 12.8. The van der Waals surface area contributed by atoms with E-state index in [1.807, 2.05) is 0 Å². The molecule has 1 heterocycles. The average Bonchev–Trinajstić information content (AvgIpc) is 2.66. The predicted molar refractivity (Wildman–Crippen MR) is 91.4 cm³/mol. The van der Waals surface area contributed by atoms with Crippen LogP contribution in [0.4, 0.5) is 28.9 Å². The van der Waals surface area contributed by atoms with Crippen molar-refractivity contribution in [3.05, 3.63) is 64.3 Å². The van der Waals surface area contributed by atoms with Gasteiger partial charge in [0.25, 0.3) is 5.69 Å². The molecule has 2 rings (SSSR count). The van der Waals surface area contributed by atoms with Crippen LogP contribution < -0.4 is 10.1 Å². The van der Waals surface area contributed by atoms with E-state index in [9.17, 15) is 32.5 Å². The number of carbonyl (C=O) groups excluding carboxylic acids is 1. The number of hydrogen-bond donors (Lipinski definition) is 1. The SMILES string of the molecule is O=C(C=Cc1ccccc1[N+](=O)[O-])Nc1ccc(OCC(F)(F)C(F)F)nc1. The zero-order chi connectivity index (χ0) is 20.7. The number of benzene rings is 1. The molecule has 0 fully saturated rings. The number of carbonyl (C=O) groups is 1. The molecule has 0 atom stereocenters. The Morgan fingerprint density at radius 3 is 2.61 bits per heavy atom. The fourth-order valence-electron chi connectivity index (χ4n) is 1.92. The molecule has 0 radical (unpaired) electrons. The van der Waals surface area contributed by atoms with Gasteiger partial charge >= 0.3 is 12.3 Å². The van der Waals surface area contributed by atoms with E-state index in [1.54, 1.807) is 6.07 Å². The van der Waals surface area contributed by atoms with Crippen LogP contribution in [-0.4, -0.2) is 34.8 Å². The largest absolute Gasteiger partial charge is 0.471 e. The summed E-state index contributed by atoms with van der Waals surface area (Å²) in [5.41, 5.74) is 0.227. The molecular formula is C17H13F4N3O4. The lowest BCUT2D eigenvalue weighted by Crippen LogP contribution is -2.33. The van der Waals surface area contributed by atoms with Crippen molar-refractivity contribution in [2.75, 3.05) is 11.9 Å². The number of ether oxygens (including phenoxy) is 1. The van der Waals surface area contributed by atoms with Crippen LogP contribution in [0, 0.1) is 10.1 Å². The molecule has 1 N–H and O–H groups in total. The van der Waals surface area contributed by atoms with Gasteiger partial charge in [0.15, 0.2) is 6.61 Å². The Labute approximate surface area is 155 Å². The zero-order valence-electron chi connectivity index (χ0n) is 14.0. The number of pyridine rings is 1. The van der Waals surface area contributed by atoms with Crippen LogP contribution in [0.5, 0.6) is 5.88 Å². The second-order valence-electron chi connectivity index (χ2n) is 5.37. The van der Waals surface area contributed by atoms with E-state index in [0.29, 0.717) is 0 Å². The molecule has 0 aliphatic carbocycles. The van der Waals surface area contributed by atoms with E-state index in [2.05, 4.69) is 15.0 Å². The van der Waals surface area contributed by atoms with Crippen molar-refractivity contribution in [1.82, 2.24) is 4.98 Å². The van der Waals surface area contributed by atoms with Crippen LogP contribution in [0.1, 0.15) is 5.56 Å². The molecule has 0 aliphatic rings. The highest BCUT2D eigenvalue weighted by Crippen LogP contribution is 2.24. The van der Waals surface area contributed by atoms with Crippen molar-refractivity contribution >= 4 is 23.4 Å². The second-order valence-corrected chi connectivity index (χ2v) is 5.37. The Kier molecular flexibility index (Phi) is 6.64. The number of aromatic nitrogens is 1. The van der Waals surface area contributed by atoms with Gasteiger partial charge in [-0.1, -0.05) is 12.1 Å². The Bertz CT molecular complexity index is 873. The molecule has 0 aliphatic heterocycles. The summed E-state index contributed by atoms with van der Waals surface area (Å²) < 4.78 is 54.1. The highest BCUT2D eigenvalue weighted by molar-refractivity contribution is 6.02. The summed E-state index contributed by atoms with van der Waals surface area (Å²) in [5, 5.41) is 13.3. The Balaban J connectivity index is 1.95. The minimum Gasteiger partial charge on any atom is -0.471 e. The van der Waals surface area contributed by atoms with Crippen LogP contribution in [0.3, 0.4) is 0 Å². The maximum Gasteiger partial charge on any atom is 0.340 e. The topological polar surface area (TPSA) is 94.4 Å². The summed E-state index contributed by atoms with van der Waals surface area (Å²) in [5.74, 6) is -5.26. The number of alkyl halides is 4. The molecule has 7 nitrogen and oxygen atoms in total. The standard InChI is InChI=1S/C17H13F4N3O4/c18-16(19)17(20,21)10-28-15-8-6-12(9-22-15)23-14(25)7-5-11-3-1-2-4-13(11)24(26)27/h1-9,16H,10H2,(H,23,25). The highest BCUT2D eigenvalue weighted by Gasteiger charge is 2.41. The monoisotopic (exact) mass is 399 g/mol. The van der Waals surface area contributed by atoms with Gasteiger partial charge in [-0.2, -0.15) is 8.78 Å². The molecule has 11 heteroatoms. The van der Waals surface area contributed by atoms with Gasteiger partial charge in [-0.25, -0.2) is 13.8 Å². The first-order valence-corrected chi connectivity index (χ1v) is 7.66. The number of nitro benzene ring substituents is 1. The number of rotatable bonds is 8. The van der Waals surface area contributed by atoms with Gasteiger partial charge < -0.3 is 10.1 Å². The number of nitro groups is 1. The number of para-hydroxylation sites is 1. The van der Waals surface area contributed by atoms with Crippen molar-refractivity contribution in [3.8, 4) is 5.88 Å². The summed E-state index contributed by atoms with van der Waals surface area (Å²) in [6, 6.07) is 8.19. The Morgan fingerprint density at radius 2 is 2.00 bits per heavy atom. The summed E-state index contributed by atoms with van der Waals surface area (Å²) in [6.45, 7) is -1.54. The first kappa shape index (κ1) is 20.8. The summed E-state index contributed by atoms with van der Waals surface area (Å²) in [7, 11) is 0. The number of amides is 1. The number of hydrogen-bond acceptors (Lipinski definition) is 5. The van der Waals surface area contributed by atoms with Crippen molar-refractivity contribution in [3.63, 3.8) is 0 Å². The lowest BCUT2D eigenvalue weighted by molar-refractivity contribution is -0.385. The molecule has 0 unspecified atom stereocenters. The van der Waals surface area contributed by atoms with E-state index in [4.69, 9.17) is 0 Å². The van der Waals surface area contributed by atoms with E-state index in [0.717, 1.165) is 18.3 Å². The Hall–Kier alpha value is -3.50. The molecule has 2 aromatic rings.